The fraction of sp³-hybridized carbons (Fsp3) is 0.190. The van der Waals surface area contributed by atoms with Crippen molar-refractivity contribution in [1.82, 2.24) is 4.98 Å². The largest absolute Gasteiger partial charge is 0.325 e. The molecule has 3 rings (SSSR count). The zero-order valence-corrected chi connectivity index (χ0v) is 16.6. The number of thiazole rings is 1. The molecule has 0 unspecified atom stereocenters. The van der Waals surface area contributed by atoms with Crippen molar-refractivity contribution in [2.75, 3.05) is 16.0 Å². The molecule has 2 aromatic carbocycles. The molecule has 3 aromatic rings. The summed E-state index contributed by atoms with van der Waals surface area (Å²) in [5.74, 6) is -0.137. The summed E-state index contributed by atoms with van der Waals surface area (Å²) in [5.41, 5.74) is 4.29. The second-order valence-corrected chi connectivity index (χ2v) is 7.19. The topological polar surface area (TPSA) is 83.1 Å². The van der Waals surface area contributed by atoms with Crippen LogP contribution in [0.15, 0.2) is 53.9 Å². The van der Waals surface area contributed by atoms with E-state index in [1.165, 1.54) is 11.3 Å². The first-order valence-electron chi connectivity index (χ1n) is 9.00. The molecule has 0 saturated heterocycles. The Morgan fingerprint density at radius 3 is 2.64 bits per heavy atom. The molecule has 0 aliphatic heterocycles. The summed E-state index contributed by atoms with van der Waals surface area (Å²) in [7, 11) is 0. The molecule has 1 heterocycles. The first kappa shape index (κ1) is 19.6. The maximum absolute atomic E-state index is 12.3. The van der Waals surface area contributed by atoms with Crippen molar-refractivity contribution in [1.29, 1.82) is 0 Å². The molecule has 7 heteroatoms. The monoisotopic (exact) mass is 394 g/mol. The van der Waals surface area contributed by atoms with Crippen LogP contribution >= 0.6 is 11.3 Å². The van der Waals surface area contributed by atoms with Gasteiger partial charge in [0.15, 0.2) is 5.13 Å². The average Bonchev–Trinajstić information content (AvgIpc) is 3.08. The maximum Gasteiger partial charge on any atom is 0.325 e. The van der Waals surface area contributed by atoms with Crippen molar-refractivity contribution in [3.8, 4) is 0 Å². The standard InChI is InChI=1S/C21H22N4O2S/c1-3-15-8-4-5-10-18(15)24-19(26)12-17-13-28-21(23-17)25-20(27)22-16-9-6-7-14(2)11-16/h4-11,13H,3,12H2,1-2H3,(H,24,26)(H2,22,23,25,27). The Bertz CT molecular complexity index is 984. The summed E-state index contributed by atoms with van der Waals surface area (Å²) in [4.78, 5) is 28.7. The van der Waals surface area contributed by atoms with E-state index >= 15 is 0 Å². The fourth-order valence-electron chi connectivity index (χ4n) is 2.74. The minimum absolute atomic E-state index is 0.137. The van der Waals surface area contributed by atoms with Crippen molar-refractivity contribution in [2.45, 2.75) is 26.7 Å². The van der Waals surface area contributed by atoms with Gasteiger partial charge in [0.25, 0.3) is 0 Å². The predicted octanol–water partition coefficient (Wildman–Crippen LogP) is 4.84. The molecule has 3 N–H and O–H groups in total. The number of aromatic nitrogens is 1. The van der Waals surface area contributed by atoms with Crippen LogP contribution in [0, 0.1) is 6.92 Å². The van der Waals surface area contributed by atoms with Gasteiger partial charge in [0.1, 0.15) is 0 Å². The van der Waals surface area contributed by atoms with Crippen LogP contribution in [0.4, 0.5) is 21.3 Å². The SMILES string of the molecule is CCc1ccccc1NC(=O)Cc1csc(NC(=O)Nc2cccc(C)c2)n1. The number of nitrogens with zero attached hydrogens (tertiary/aromatic N) is 1. The molecule has 28 heavy (non-hydrogen) atoms. The molecule has 1 aromatic heterocycles. The highest BCUT2D eigenvalue weighted by Crippen LogP contribution is 2.19. The van der Waals surface area contributed by atoms with Gasteiger partial charge in [0, 0.05) is 16.8 Å². The third-order valence-electron chi connectivity index (χ3n) is 4.06. The Hall–Kier alpha value is -3.19. The number of amides is 3. The van der Waals surface area contributed by atoms with Gasteiger partial charge < -0.3 is 10.6 Å². The molecule has 6 nitrogen and oxygen atoms in total. The van der Waals surface area contributed by atoms with E-state index in [1.54, 1.807) is 5.38 Å². The van der Waals surface area contributed by atoms with Crippen LogP contribution in [0.2, 0.25) is 0 Å². The molecular weight excluding hydrogens is 372 g/mol. The van der Waals surface area contributed by atoms with Crippen LogP contribution in [0.5, 0.6) is 0 Å². The van der Waals surface area contributed by atoms with E-state index in [0.717, 1.165) is 23.2 Å². The van der Waals surface area contributed by atoms with Gasteiger partial charge >= 0.3 is 6.03 Å². The number of urea groups is 1. The van der Waals surface area contributed by atoms with E-state index in [-0.39, 0.29) is 18.4 Å². The van der Waals surface area contributed by atoms with Gasteiger partial charge in [0.05, 0.1) is 12.1 Å². The summed E-state index contributed by atoms with van der Waals surface area (Å²) >= 11 is 1.28. The lowest BCUT2D eigenvalue weighted by Crippen LogP contribution is -2.19. The Balaban J connectivity index is 1.55. The van der Waals surface area contributed by atoms with Gasteiger partial charge in [-0.1, -0.05) is 37.3 Å². The second-order valence-electron chi connectivity index (χ2n) is 6.33. The first-order valence-corrected chi connectivity index (χ1v) is 9.88. The van der Waals surface area contributed by atoms with E-state index in [4.69, 9.17) is 0 Å². The summed E-state index contributed by atoms with van der Waals surface area (Å²) in [6.45, 7) is 4.01. The smallest absolute Gasteiger partial charge is 0.325 e. The fourth-order valence-corrected chi connectivity index (χ4v) is 3.44. The van der Waals surface area contributed by atoms with Crippen LogP contribution in [0.25, 0.3) is 0 Å². The summed E-state index contributed by atoms with van der Waals surface area (Å²) < 4.78 is 0. The normalized spacial score (nSPS) is 10.4. The van der Waals surface area contributed by atoms with E-state index in [9.17, 15) is 9.59 Å². The minimum Gasteiger partial charge on any atom is -0.325 e. The molecule has 0 bridgehead atoms. The lowest BCUT2D eigenvalue weighted by Gasteiger charge is -2.08. The molecular formula is C21H22N4O2S. The highest BCUT2D eigenvalue weighted by Gasteiger charge is 2.11. The molecule has 0 aliphatic carbocycles. The Morgan fingerprint density at radius 2 is 1.86 bits per heavy atom. The summed E-state index contributed by atoms with van der Waals surface area (Å²) in [6.07, 6.45) is 0.993. The number of carbonyl (C=O) groups is 2. The number of anilines is 3. The lowest BCUT2D eigenvalue weighted by atomic mass is 10.1. The Labute approximate surface area is 168 Å². The Morgan fingerprint density at radius 1 is 1.04 bits per heavy atom. The highest BCUT2D eigenvalue weighted by molar-refractivity contribution is 7.14. The van der Waals surface area contributed by atoms with Crippen molar-refractivity contribution in [3.63, 3.8) is 0 Å². The maximum atomic E-state index is 12.3. The number of benzene rings is 2. The molecule has 0 saturated carbocycles. The third-order valence-corrected chi connectivity index (χ3v) is 4.87. The zero-order chi connectivity index (χ0) is 19.9. The third kappa shape index (κ3) is 5.40. The average molecular weight is 395 g/mol. The van der Waals surface area contributed by atoms with Gasteiger partial charge in [-0.05, 0) is 42.7 Å². The number of hydrogen-bond acceptors (Lipinski definition) is 4. The van der Waals surface area contributed by atoms with E-state index < -0.39 is 0 Å². The number of rotatable bonds is 6. The highest BCUT2D eigenvalue weighted by atomic mass is 32.1. The van der Waals surface area contributed by atoms with Gasteiger partial charge in [-0.3, -0.25) is 10.1 Å². The molecule has 0 aliphatic rings. The quantitative estimate of drug-likeness (QED) is 0.559. The molecule has 0 radical (unpaired) electrons. The van der Waals surface area contributed by atoms with Crippen molar-refractivity contribution < 1.29 is 9.59 Å². The van der Waals surface area contributed by atoms with Gasteiger partial charge in [0.2, 0.25) is 5.91 Å². The number of aryl methyl sites for hydroxylation is 2. The number of carbonyl (C=O) groups excluding carboxylic acids is 2. The number of para-hydroxylation sites is 1. The molecule has 0 spiro atoms. The Kier molecular flexibility index (Phi) is 6.39. The molecule has 0 atom stereocenters. The van der Waals surface area contributed by atoms with Gasteiger partial charge in [-0.15, -0.1) is 11.3 Å². The number of hydrogen-bond donors (Lipinski definition) is 3. The summed E-state index contributed by atoms with van der Waals surface area (Å²) in [5, 5.41) is 10.6. The zero-order valence-electron chi connectivity index (χ0n) is 15.8. The second kappa shape index (κ2) is 9.14. The van der Waals surface area contributed by atoms with Gasteiger partial charge in [-0.25, -0.2) is 9.78 Å². The first-order chi connectivity index (χ1) is 13.5. The van der Waals surface area contributed by atoms with Crippen LogP contribution in [0.3, 0.4) is 0 Å². The van der Waals surface area contributed by atoms with E-state index in [0.29, 0.717) is 16.5 Å². The van der Waals surface area contributed by atoms with Crippen LogP contribution < -0.4 is 16.0 Å². The predicted molar refractivity (Wildman–Crippen MR) is 114 cm³/mol. The van der Waals surface area contributed by atoms with Crippen LogP contribution in [-0.2, 0) is 17.6 Å². The van der Waals surface area contributed by atoms with Crippen molar-refractivity contribution in [3.05, 3.63) is 70.7 Å². The van der Waals surface area contributed by atoms with Crippen molar-refractivity contribution >= 4 is 39.8 Å². The molecule has 3 amide bonds. The number of nitrogens with one attached hydrogen (secondary N) is 3. The molecule has 144 valence electrons. The van der Waals surface area contributed by atoms with E-state index in [2.05, 4.69) is 20.9 Å². The van der Waals surface area contributed by atoms with Crippen molar-refractivity contribution in [2.24, 2.45) is 0 Å². The minimum atomic E-state index is -0.368. The van der Waals surface area contributed by atoms with Crippen LogP contribution in [-0.4, -0.2) is 16.9 Å². The lowest BCUT2D eigenvalue weighted by molar-refractivity contribution is -0.115. The van der Waals surface area contributed by atoms with E-state index in [1.807, 2.05) is 62.4 Å². The summed E-state index contributed by atoms with van der Waals surface area (Å²) in [6, 6.07) is 14.9. The van der Waals surface area contributed by atoms with Crippen LogP contribution in [0.1, 0.15) is 23.7 Å². The molecule has 0 fully saturated rings. The van der Waals surface area contributed by atoms with Gasteiger partial charge in [-0.2, -0.15) is 0 Å².